The maximum Gasteiger partial charge on any atom is 0.161 e. The Bertz CT molecular complexity index is 574. The molecule has 0 aliphatic heterocycles. The largest absolute Gasteiger partial charge is 0.370 e. The Morgan fingerprint density at radius 2 is 1.76 bits per heavy atom. The molecule has 0 aliphatic carbocycles. The molecule has 1 heterocycles. The van der Waals surface area contributed by atoms with E-state index in [9.17, 15) is 0 Å². The molecule has 0 radical (unpaired) electrons. The second kappa shape index (κ2) is 7.21. The fourth-order valence-corrected chi connectivity index (χ4v) is 2.34. The van der Waals surface area contributed by atoms with Crippen LogP contribution < -0.4 is 5.32 Å². The highest BCUT2D eigenvalue weighted by Crippen LogP contribution is 2.20. The van der Waals surface area contributed by atoms with Gasteiger partial charge in [-0.2, -0.15) is 0 Å². The van der Waals surface area contributed by atoms with E-state index in [0.29, 0.717) is 5.92 Å². The van der Waals surface area contributed by atoms with Crippen molar-refractivity contribution in [3.63, 3.8) is 0 Å². The minimum atomic E-state index is 0.677. The molecule has 1 N–H and O–H groups in total. The molecule has 112 valence electrons. The summed E-state index contributed by atoms with van der Waals surface area (Å²) in [4.78, 5) is 9.25. The van der Waals surface area contributed by atoms with E-state index in [1.807, 2.05) is 6.07 Å². The fraction of sp³-hybridized carbons (Fsp3) is 0.444. The van der Waals surface area contributed by atoms with Gasteiger partial charge in [-0.25, -0.2) is 9.97 Å². The predicted octanol–water partition coefficient (Wildman–Crippen LogP) is 4.34. The highest BCUT2D eigenvalue weighted by molar-refractivity contribution is 5.58. The lowest BCUT2D eigenvalue weighted by molar-refractivity contribution is 0.647. The number of aromatic nitrogens is 2. The van der Waals surface area contributed by atoms with Crippen LogP contribution in [0.3, 0.4) is 0 Å². The monoisotopic (exact) mass is 283 g/mol. The molecule has 3 nitrogen and oxygen atoms in total. The number of aryl methyl sites for hydroxylation is 1. The normalized spacial score (nSPS) is 10.9. The SMILES string of the molecule is CCNc1cc(CC)nc(-c2ccc(CC(C)C)cc2)n1. The van der Waals surface area contributed by atoms with Crippen LogP contribution in [-0.2, 0) is 12.8 Å². The lowest BCUT2D eigenvalue weighted by Crippen LogP contribution is -2.03. The zero-order valence-corrected chi connectivity index (χ0v) is 13.5. The maximum absolute atomic E-state index is 4.64. The number of benzene rings is 1. The third-order valence-electron chi connectivity index (χ3n) is 3.36. The molecule has 3 heteroatoms. The molecule has 1 aromatic heterocycles. The van der Waals surface area contributed by atoms with E-state index in [2.05, 4.69) is 67.2 Å². The van der Waals surface area contributed by atoms with Gasteiger partial charge in [0.2, 0.25) is 0 Å². The number of nitrogens with one attached hydrogen (secondary N) is 1. The van der Waals surface area contributed by atoms with E-state index in [0.717, 1.165) is 42.3 Å². The Labute approximate surface area is 127 Å². The van der Waals surface area contributed by atoms with Crippen LogP contribution in [0.15, 0.2) is 30.3 Å². The molecule has 21 heavy (non-hydrogen) atoms. The quantitative estimate of drug-likeness (QED) is 0.857. The summed E-state index contributed by atoms with van der Waals surface area (Å²) in [5.74, 6) is 2.39. The zero-order chi connectivity index (χ0) is 15.2. The van der Waals surface area contributed by atoms with Gasteiger partial charge in [0, 0.05) is 23.9 Å². The Balaban J connectivity index is 2.29. The smallest absolute Gasteiger partial charge is 0.161 e. The Morgan fingerprint density at radius 3 is 2.33 bits per heavy atom. The topological polar surface area (TPSA) is 37.8 Å². The van der Waals surface area contributed by atoms with Gasteiger partial charge in [0.05, 0.1) is 0 Å². The summed E-state index contributed by atoms with van der Waals surface area (Å²) >= 11 is 0. The number of hydrogen-bond donors (Lipinski definition) is 1. The summed E-state index contributed by atoms with van der Waals surface area (Å²) in [6.07, 6.45) is 2.03. The summed E-state index contributed by atoms with van der Waals surface area (Å²) in [5, 5.41) is 3.28. The van der Waals surface area contributed by atoms with Crippen molar-refractivity contribution in [3.8, 4) is 11.4 Å². The van der Waals surface area contributed by atoms with Crippen LogP contribution in [0.4, 0.5) is 5.82 Å². The summed E-state index contributed by atoms with van der Waals surface area (Å²) in [6.45, 7) is 9.55. The first-order chi connectivity index (χ1) is 10.1. The van der Waals surface area contributed by atoms with Crippen molar-refractivity contribution in [2.75, 3.05) is 11.9 Å². The van der Waals surface area contributed by atoms with Crippen molar-refractivity contribution >= 4 is 5.82 Å². The summed E-state index contributed by atoms with van der Waals surface area (Å²) in [7, 11) is 0. The molecule has 0 saturated heterocycles. The Hall–Kier alpha value is -1.90. The van der Waals surface area contributed by atoms with Gasteiger partial charge in [0.15, 0.2) is 5.82 Å². The van der Waals surface area contributed by atoms with E-state index in [-0.39, 0.29) is 0 Å². The molecule has 0 bridgehead atoms. The average molecular weight is 283 g/mol. The fourth-order valence-electron chi connectivity index (χ4n) is 2.34. The number of anilines is 1. The second-order valence-corrected chi connectivity index (χ2v) is 5.75. The third-order valence-corrected chi connectivity index (χ3v) is 3.36. The van der Waals surface area contributed by atoms with Crippen molar-refractivity contribution in [1.82, 2.24) is 9.97 Å². The Kier molecular flexibility index (Phi) is 5.32. The lowest BCUT2D eigenvalue weighted by Gasteiger charge is -2.09. The van der Waals surface area contributed by atoms with Crippen LogP contribution in [0.1, 0.15) is 39.0 Å². The van der Waals surface area contributed by atoms with Crippen LogP contribution in [0.25, 0.3) is 11.4 Å². The van der Waals surface area contributed by atoms with Gasteiger partial charge < -0.3 is 5.32 Å². The minimum absolute atomic E-state index is 0.677. The standard InChI is InChI=1S/C18H25N3/c1-5-16-12-17(19-6-2)21-18(20-16)15-9-7-14(8-10-15)11-13(3)4/h7-10,12-13H,5-6,11H2,1-4H3,(H,19,20,21). The number of hydrogen-bond acceptors (Lipinski definition) is 3. The first-order valence-electron chi connectivity index (χ1n) is 7.83. The van der Waals surface area contributed by atoms with Gasteiger partial charge in [0.1, 0.15) is 5.82 Å². The number of rotatable bonds is 6. The lowest BCUT2D eigenvalue weighted by atomic mass is 10.0. The minimum Gasteiger partial charge on any atom is -0.370 e. The Morgan fingerprint density at radius 1 is 1.05 bits per heavy atom. The molecule has 2 rings (SSSR count). The molecule has 0 saturated carbocycles. The van der Waals surface area contributed by atoms with Gasteiger partial charge in [-0.3, -0.25) is 0 Å². The van der Waals surface area contributed by atoms with E-state index in [1.165, 1.54) is 5.56 Å². The molecule has 0 spiro atoms. The molecular formula is C18H25N3. The van der Waals surface area contributed by atoms with Crippen molar-refractivity contribution in [1.29, 1.82) is 0 Å². The van der Waals surface area contributed by atoms with Crippen LogP contribution in [-0.4, -0.2) is 16.5 Å². The molecule has 0 fully saturated rings. The molecular weight excluding hydrogens is 258 g/mol. The highest BCUT2D eigenvalue weighted by atomic mass is 15.0. The zero-order valence-electron chi connectivity index (χ0n) is 13.5. The molecule has 2 aromatic rings. The summed E-state index contributed by atoms with van der Waals surface area (Å²) in [5.41, 5.74) is 3.52. The van der Waals surface area contributed by atoms with E-state index >= 15 is 0 Å². The highest BCUT2D eigenvalue weighted by Gasteiger charge is 2.06. The first kappa shape index (κ1) is 15.5. The van der Waals surface area contributed by atoms with Crippen LogP contribution >= 0.6 is 0 Å². The second-order valence-electron chi connectivity index (χ2n) is 5.75. The molecule has 0 amide bonds. The summed E-state index contributed by atoms with van der Waals surface area (Å²) < 4.78 is 0. The van der Waals surface area contributed by atoms with E-state index < -0.39 is 0 Å². The summed E-state index contributed by atoms with van der Waals surface area (Å²) in [6, 6.07) is 10.7. The van der Waals surface area contributed by atoms with E-state index in [4.69, 9.17) is 0 Å². The first-order valence-corrected chi connectivity index (χ1v) is 7.83. The van der Waals surface area contributed by atoms with Gasteiger partial charge in [-0.05, 0) is 31.2 Å². The third kappa shape index (κ3) is 4.28. The van der Waals surface area contributed by atoms with Crippen molar-refractivity contribution < 1.29 is 0 Å². The van der Waals surface area contributed by atoms with Crippen molar-refractivity contribution in [2.45, 2.75) is 40.5 Å². The molecule has 1 aromatic carbocycles. The average Bonchev–Trinajstić information content (AvgIpc) is 2.47. The van der Waals surface area contributed by atoms with Crippen LogP contribution in [0, 0.1) is 5.92 Å². The predicted molar refractivity (Wildman–Crippen MR) is 89.6 cm³/mol. The maximum atomic E-state index is 4.64. The molecule has 0 unspecified atom stereocenters. The van der Waals surface area contributed by atoms with Crippen LogP contribution in [0.5, 0.6) is 0 Å². The van der Waals surface area contributed by atoms with Gasteiger partial charge >= 0.3 is 0 Å². The van der Waals surface area contributed by atoms with Crippen molar-refractivity contribution in [3.05, 3.63) is 41.6 Å². The van der Waals surface area contributed by atoms with Crippen LogP contribution in [0.2, 0.25) is 0 Å². The van der Waals surface area contributed by atoms with Gasteiger partial charge in [0.25, 0.3) is 0 Å². The number of nitrogens with zero attached hydrogens (tertiary/aromatic N) is 2. The van der Waals surface area contributed by atoms with Crippen molar-refractivity contribution in [2.24, 2.45) is 5.92 Å². The molecule has 0 atom stereocenters. The van der Waals surface area contributed by atoms with E-state index in [1.54, 1.807) is 0 Å². The molecule has 0 aliphatic rings. The van der Waals surface area contributed by atoms with Gasteiger partial charge in [-0.1, -0.05) is 45.0 Å². The van der Waals surface area contributed by atoms with Gasteiger partial charge in [-0.15, -0.1) is 0 Å².